The SMILES string of the molecule is CNC(Cc1cc(Br)cc2c1OCC2)C1CCCCS1. The summed E-state index contributed by atoms with van der Waals surface area (Å²) in [5.74, 6) is 2.46. The molecule has 0 aromatic heterocycles. The number of rotatable bonds is 4. The molecule has 0 bridgehead atoms. The van der Waals surface area contributed by atoms with Crippen LogP contribution in [0.5, 0.6) is 5.75 Å². The number of ether oxygens (including phenoxy) is 1. The Hall–Kier alpha value is -0.190. The van der Waals surface area contributed by atoms with Crippen molar-refractivity contribution in [3.8, 4) is 5.75 Å². The molecule has 2 heterocycles. The Bertz CT molecular complexity index is 474. The van der Waals surface area contributed by atoms with Gasteiger partial charge in [-0.25, -0.2) is 0 Å². The van der Waals surface area contributed by atoms with Crippen molar-refractivity contribution < 1.29 is 4.74 Å². The van der Waals surface area contributed by atoms with Crippen LogP contribution in [0.1, 0.15) is 30.4 Å². The van der Waals surface area contributed by atoms with Gasteiger partial charge in [0.15, 0.2) is 0 Å². The van der Waals surface area contributed by atoms with Crippen LogP contribution in [0.25, 0.3) is 0 Å². The van der Waals surface area contributed by atoms with Crippen LogP contribution in [0.4, 0.5) is 0 Å². The van der Waals surface area contributed by atoms with Crippen molar-refractivity contribution in [3.05, 3.63) is 27.7 Å². The lowest BCUT2D eigenvalue weighted by Gasteiger charge is -2.30. The first-order chi connectivity index (χ1) is 9.78. The summed E-state index contributed by atoms with van der Waals surface area (Å²) in [5, 5.41) is 4.28. The van der Waals surface area contributed by atoms with Gasteiger partial charge in [0, 0.05) is 22.2 Å². The van der Waals surface area contributed by atoms with Gasteiger partial charge in [0.1, 0.15) is 5.75 Å². The molecular formula is C16H22BrNOS. The summed E-state index contributed by atoms with van der Waals surface area (Å²) in [4.78, 5) is 0. The van der Waals surface area contributed by atoms with Crippen LogP contribution in [0.2, 0.25) is 0 Å². The number of hydrogen-bond acceptors (Lipinski definition) is 3. The maximum absolute atomic E-state index is 5.86. The second-order valence-electron chi connectivity index (χ2n) is 5.66. The Morgan fingerprint density at radius 3 is 3.10 bits per heavy atom. The summed E-state index contributed by atoms with van der Waals surface area (Å²) in [6, 6.07) is 4.99. The van der Waals surface area contributed by atoms with Crippen molar-refractivity contribution in [2.24, 2.45) is 0 Å². The third-order valence-corrected chi connectivity index (χ3v) is 6.27. The average Bonchev–Trinajstić information content (AvgIpc) is 2.93. The number of benzene rings is 1. The first-order valence-corrected chi connectivity index (χ1v) is 9.35. The van der Waals surface area contributed by atoms with E-state index in [1.807, 2.05) is 0 Å². The van der Waals surface area contributed by atoms with Crippen LogP contribution >= 0.6 is 27.7 Å². The fourth-order valence-corrected chi connectivity index (χ4v) is 5.26. The van der Waals surface area contributed by atoms with E-state index in [4.69, 9.17) is 4.74 Å². The Kier molecular flexibility index (Phi) is 4.95. The molecule has 1 aromatic rings. The molecule has 20 heavy (non-hydrogen) atoms. The van der Waals surface area contributed by atoms with E-state index in [1.165, 1.54) is 40.6 Å². The summed E-state index contributed by atoms with van der Waals surface area (Å²) in [5.41, 5.74) is 2.72. The Balaban J connectivity index is 1.78. The van der Waals surface area contributed by atoms with Gasteiger partial charge in [-0.1, -0.05) is 22.4 Å². The number of hydrogen-bond donors (Lipinski definition) is 1. The van der Waals surface area contributed by atoms with E-state index in [2.05, 4.69) is 52.2 Å². The summed E-state index contributed by atoms with van der Waals surface area (Å²) < 4.78 is 7.05. The van der Waals surface area contributed by atoms with Crippen LogP contribution in [0.3, 0.4) is 0 Å². The number of fused-ring (bicyclic) bond motifs is 1. The van der Waals surface area contributed by atoms with Crippen LogP contribution in [-0.2, 0) is 12.8 Å². The molecule has 0 saturated carbocycles. The van der Waals surface area contributed by atoms with Crippen LogP contribution in [0, 0.1) is 0 Å². The zero-order chi connectivity index (χ0) is 13.9. The van der Waals surface area contributed by atoms with Crippen LogP contribution in [-0.4, -0.2) is 30.7 Å². The van der Waals surface area contributed by atoms with Gasteiger partial charge >= 0.3 is 0 Å². The van der Waals surface area contributed by atoms with Crippen molar-refractivity contribution in [2.75, 3.05) is 19.4 Å². The number of likely N-dealkylation sites (N-methyl/N-ethyl adjacent to an activating group) is 1. The van der Waals surface area contributed by atoms with E-state index >= 15 is 0 Å². The highest BCUT2D eigenvalue weighted by atomic mass is 79.9. The predicted molar refractivity (Wildman–Crippen MR) is 90.0 cm³/mol. The quantitative estimate of drug-likeness (QED) is 0.887. The van der Waals surface area contributed by atoms with E-state index in [1.54, 1.807) is 0 Å². The Morgan fingerprint density at radius 1 is 1.45 bits per heavy atom. The molecule has 0 spiro atoms. The van der Waals surface area contributed by atoms with E-state index in [0.29, 0.717) is 6.04 Å². The third kappa shape index (κ3) is 3.18. The normalized spacial score (nSPS) is 23.2. The smallest absolute Gasteiger partial charge is 0.125 e. The maximum Gasteiger partial charge on any atom is 0.125 e. The van der Waals surface area contributed by atoms with Crippen molar-refractivity contribution in [2.45, 2.75) is 43.4 Å². The largest absolute Gasteiger partial charge is 0.493 e. The molecule has 0 amide bonds. The molecule has 1 saturated heterocycles. The molecule has 2 atom stereocenters. The second kappa shape index (κ2) is 6.71. The molecule has 2 aliphatic heterocycles. The van der Waals surface area contributed by atoms with Crippen molar-refractivity contribution in [3.63, 3.8) is 0 Å². The molecule has 0 aliphatic carbocycles. The van der Waals surface area contributed by atoms with E-state index in [-0.39, 0.29) is 0 Å². The van der Waals surface area contributed by atoms with E-state index in [0.717, 1.165) is 30.4 Å². The lowest BCUT2D eigenvalue weighted by Crippen LogP contribution is -2.39. The molecule has 0 radical (unpaired) electrons. The van der Waals surface area contributed by atoms with Crippen molar-refractivity contribution in [1.29, 1.82) is 0 Å². The van der Waals surface area contributed by atoms with Gasteiger partial charge in [-0.2, -0.15) is 11.8 Å². The maximum atomic E-state index is 5.86. The second-order valence-corrected chi connectivity index (χ2v) is 7.92. The first-order valence-electron chi connectivity index (χ1n) is 7.51. The molecule has 2 nitrogen and oxygen atoms in total. The highest BCUT2D eigenvalue weighted by Crippen LogP contribution is 2.36. The fraction of sp³-hybridized carbons (Fsp3) is 0.625. The zero-order valence-corrected chi connectivity index (χ0v) is 14.4. The Morgan fingerprint density at radius 2 is 2.35 bits per heavy atom. The first kappa shape index (κ1) is 14.7. The monoisotopic (exact) mass is 355 g/mol. The summed E-state index contributed by atoms with van der Waals surface area (Å²) >= 11 is 5.78. The summed E-state index contributed by atoms with van der Waals surface area (Å²) in [6.07, 6.45) is 6.21. The minimum Gasteiger partial charge on any atom is -0.493 e. The number of halogens is 1. The van der Waals surface area contributed by atoms with Gasteiger partial charge < -0.3 is 10.1 Å². The van der Waals surface area contributed by atoms with Crippen molar-refractivity contribution >= 4 is 27.7 Å². The molecule has 3 rings (SSSR count). The molecule has 4 heteroatoms. The van der Waals surface area contributed by atoms with Crippen LogP contribution in [0.15, 0.2) is 16.6 Å². The molecular weight excluding hydrogens is 334 g/mol. The molecule has 2 aliphatic rings. The Labute approximate surface area is 134 Å². The van der Waals surface area contributed by atoms with Gasteiger partial charge in [0.05, 0.1) is 6.61 Å². The highest BCUT2D eigenvalue weighted by molar-refractivity contribution is 9.10. The molecule has 2 unspecified atom stereocenters. The third-order valence-electron chi connectivity index (χ3n) is 4.30. The topological polar surface area (TPSA) is 21.3 Å². The molecule has 1 fully saturated rings. The van der Waals surface area contributed by atoms with Gasteiger partial charge in [-0.3, -0.25) is 0 Å². The minimum atomic E-state index is 0.544. The lowest BCUT2D eigenvalue weighted by atomic mass is 9.97. The standard InChI is InChI=1S/C16H22BrNOS/c1-18-14(15-4-2-3-7-20-15)10-12-9-13(17)8-11-5-6-19-16(11)12/h8-9,14-15,18H,2-7,10H2,1H3. The van der Waals surface area contributed by atoms with E-state index in [9.17, 15) is 0 Å². The van der Waals surface area contributed by atoms with Gasteiger partial charge in [-0.15, -0.1) is 0 Å². The summed E-state index contributed by atoms with van der Waals surface area (Å²) in [7, 11) is 2.10. The average molecular weight is 356 g/mol. The lowest BCUT2D eigenvalue weighted by molar-refractivity contribution is 0.351. The summed E-state index contributed by atoms with van der Waals surface area (Å²) in [6.45, 7) is 0.835. The number of thioether (sulfide) groups is 1. The molecule has 1 aromatic carbocycles. The zero-order valence-electron chi connectivity index (χ0n) is 12.0. The number of nitrogens with one attached hydrogen (secondary N) is 1. The van der Waals surface area contributed by atoms with Gasteiger partial charge in [0.25, 0.3) is 0 Å². The van der Waals surface area contributed by atoms with Gasteiger partial charge in [-0.05, 0) is 55.3 Å². The molecule has 1 N–H and O–H groups in total. The predicted octanol–water partition coefficient (Wildman–Crippen LogP) is 3.80. The minimum absolute atomic E-state index is 0.544. The van der Waals surface area contributed by atoms with Gasteiger partial charge in [0.2, 0.25) is 0 Å². The highest BCUT2D eigenvalue weighted by Gasteiger charge is 2.26. The van der Waals surface area contributed by atoms with Crippen LogP contribution < -0.4 is 10.1 Å². The van der Waals surface area contributed by atoms with E-state index < -0.39 is 0 Å². The van der Waals surface area contributed by atoms with Crippen molar-refractivity contribution in [1.82, 2.24) is 5.32 Å². The fourth-order valence-electron chi connectivity index (χ4n) is 3.24. The molecule has 110 valence electrons.